The van der Waals surface area contributed by atoms with Crippen LogP contribution in [0.5, 0.6) is 0 Å². The van der Waals surface area contributed by atoms with Gasteiger partial charge in [-0.1, -0.05) is 36.4 Å². The van der Waals surface area contributed by atoms with Crippen LogP contribution in [0.3, 0.4) is 0 Å². The van der Waals surface area contributed by atoms with Crippen molar-refractivity contribution in [2.45, 2.75) is 0 Å². The zero-order valence-electron chi connectivity index (χ0n) is 16.1. The number of nitrogens with one attached hydrogen (secondary N) is 2. The van der Waals surface area contributed by atoms with Gasteiger partial charge in [0.05, 0.1) is 0 Å². The molecule has 0 spiro atoms. The highest BCUT2D eigenvalue weighted by molar-refractivity contribution is 5.94. The summed E-state index contributed by atoms with van der Waals surface area (Å²) in [6.45, 7) is 6.94. The van der Waals surface area contributed by atoms with E-state index in [9.17, 15) is 9.59 Å². The van der Waals surface area contributed by atoms with E-state index >= 15 is 0 Å². The number of amides is 2. The molecule has 28 heavy (non-hydrogen) atoms. The smallest absolute Gasteiger partial charge is 0.251 e. The third-order valence-electron chi connectivity index (χ3n) is 4.96. The molecule has 1 fully saturated rings. The normalized spacial score (nSPS) is 15.1. The van der Waals surface area contributed by atoms with Crippen LogP contribution in [0.4, 0.5) is 0 Å². The monoisotopic (exact) mass is 380 g/mol. The molecule has 6 nitrogen and oxygen atoms in total. The van der Waals surface area contributed by atoms with E-state index in [0.29, 0.717) is 24.2 Å². The van der Waals surface area contributed by atoms with Crippen molar-refractivity contribution in [2.24, 2.45) is 0 Å². The van der Waals surface area contributed by atoms with Crippen molar-refractivity contribution in [3.05, 3.63) is 71.8 Å². The van der Waals surface area contributed by atoms with Gasteiger partial charge in [-0.05, 0) is 24.3 Å². The van der Waals surface area contributed by atoms with E-state index in [1.807, 2.05) is 60.7 Å². The number of benzene rings is 2. The minimum Gasteiger partial charge on any atom is -0.351 e. The highest BCUT2D eigenvalue weighted by atomic mass is 16.2. The van der Waals surface area contributed by atoms with Crippen molar-refractivity contribution >= 4 is 11.8 Å². The summed E-state index contributed by atoms with van der Waals surface area (Å²) in [6.07, 6.45) is 0. The fraction of sp³-hybridized carbons (Fsp3) is 0.364. The first-order valence-corrected chi connectivity index (χ1v) is 9.83. The summed E-state index contributed by atoms with van der Waals surface area (Å²) >= 11 is 0. The summed E-state index contributed by atoms with van der Waals surface area (Å²) in [4.78, 5) is 28.8. The topological polar surface area (TPSA) is 64.7 Å². The SMILES string of the molecule is O=C(NCCN1CCN(CCNC(=O)c2ccccc2)CC1)c1ccccc1. The Balaban J connectivity index is 1.27. The van der Waals surface area contributed by atoms with Gasteiger partial charge < -0.3 is 10.6 Å². The van der Waals surface area contributed by atoms with Gasteiger partial charge in [0.15, 0.2) is 0 Å². The summed E-state index contributed by atoms with van der Waals surface area (Å²) < 4.78 is 0. The molecule has 0 bridgehead atoms. The zero-order chi connectivity index (χ0) is 19.6. The lowest BCUT2D eigenvalue weighted by atomic mass is 10.2. The van der Waals surface area contributed by atoms with Gasteiger partial charge in [0.1, 0.15) is 0 Å². The molecule has 0 aliphatic carbocycles. The molecule has 0 aromatic heterocycles. The molecular weight excluding hydrogens is 352 g/mol. The van der Waals surface area contributed by atoms with Gasteiger partial charge in [-0.25, -0.2) is 0 Å². The van der Waals surface area contributed by atoms with E-state index in [4.69, 9.17) is 0 Å². The van der Waals surface area contributed by atoms with Crippen molar-refractivity contribution in [3.8, 4) is 0 Å². The molecule has 148 valence electrons. The summed E-state index contributed by atoms with van der Waals surface area (Å²) in [5.74, 6) is -0.0400. The zero-order valence-corrected chi connectivity index (χ0v) is 16.1. The third-order valence-corrected chi connectivity index (χ3v) is 4.96. The Morgan fingerprint density at radius 2 is 1.00 bits per heavy atom. The van der Waals surface area contributed by atoms with Crippen LogP contribution < -0.4 is 10.6 Å². The highest BCUT2D eigenvalue weighted by Crippen LogP contribution is 2.02. The van der Waals surface area contributed by atoms with Crippen LogP contribution in [0.1, 0.15) is 20.7 Å². The fourth-order valence-electron chi connectivity index (χ4n) is 3.27. The van der Waals surface area contributed by atoms with Gasteiger partial charge in [-0.2, -0.15) is 0 Å². The summed E-state index contributed by atoms with van der Waals surface area (Å²) in [5, 5.41) is 5.96. The molecule has 1 saturated heterocycles. The van der Waals surface area contributed by atoms with Crippen molar-refractivity contribution in [3.63, 3.8) is 0 Å². The molecule has 1 aliphatic heterocycles. The van der Waals surface area contributed by atoms with Gasteiger partial charge in [0.2, 0.25) is 0 Å². The molecule has 2 amide bonds. The number of carbonyl (C=O) groups is 2. The minimum atomic E-state index is -0.0200. The Morgan fingerprint density at radius 3 is 1.36 bits per heavy atom. The Labute approximate surface area is 166 Å². The number of hydrogen-bond donors (Lipinski definition) is 2. The Kier molecular flexibility index (Phi) is 7.58. The summed E-state index contributed by atoms with van der Waals surface area (Å²) in [7, 11) is 0. The van der Waals surface area contributed by atoms with Gasteiger partial charge in [0.25, 0.3) is 11.8 Å². The molecule has 0 atom stereocenters. The predicted molar refractivity (Wildman–Crippen MR) is 110 cm³/mol. The van der Waals surface area contributed by atoms with Crippen LogP contribution in [0.2, 0.25) is 0 Å². The van der Waals surface area contributed by atoms with Crippen molar-refractivity contribution in [1.82, 2.24) is 20.4 Å². The number of nitrogens with zero attached hydrogens (tertiary/aromatic N) is 2. The van der Waals surface area contributed by atoms with Gasteiger partial charge in [0, 0.05) is 63.5 Å². The Hall–Kier alpha value is -2.70. The van der Waals surface area contributed by atoms with Gasteiger partial charge in [-0.15, -0.1) is 0 Å². The molecule has 6 heteroatoms. The van der Waals surface area contributed by atoms with Crippen LogP contribution in [0, 0.1) is 0 Å². The average molecular weight is 380 g/mol. The number of rotatable bonds is 8. The Morgan fingerprint density at radius 1 is 0.643 bits per heavy atom. The second kappa shape index (κ2) is 10.6. The summed E-state index contributed by atoms with van der Waals surface area (Å²) in [5.41, 5.74) is 1.40. The van der Waals surface area contributed by atoms with Crippen molar-refractivity contribution in [1.29, 1.82) is 0 Å². The molecule has 3 rings (SSSR count). The molecule has 2 aromatic rings. The predicted octanol–water partition coefficient (Wildman–Crippen LogP) is 1.46. The van der Waals surface area contributed by atoms with E-state index in [2.05, 4.69) is 20.4 Å². The molecule has 2 N–H and O–H groups in total. The maximum atomic E-state index is 12.0. The second-order valence-corrected chi connectivity index (χ2v) is 6.93. The van der Waals surface area contributed by atoms with E-state index in [0.717, 1.165) is 39.3 Å². The largest absolute Gasteiger partial charge is 0.351 e. The molecular formula is C22H28N4O2. The quantitative estimate of drug-likeness (QED) is 0.728. The standard InChI is InChI=1S/C22H28N4O2/c27-21(19-7-3-1-4-8-19)23-11-13-25-15-17-26(18-16-25)14-12-24-22(28)20-9-5-2-6-10-20/h1-10H,11-18H2,(H,23,27)(H,24,28). The molecule has 0 saturated carbocycles. The lowest BCUT2D eigenvalue weighted by Gasteiger charge is -2.34. The number of piperazine rings is 1. The van der Waals surface area contributed by atoms with E-state index in [-0.39, 0.29) is 11.8 Å². The molecule has 1 aliphatic rings. The lowest BCUT2D eigenvalue weighted by molar-refractivity contribution is 0.0915. The minimum absolute atomic E-state index is 0.0200. The van der Waals surface area contributed by atoms with Crippen LogP contribution in [0.25, 0.3) is 0 Å². The first-order valence-electron chi connectivity index (χ1n) is 9.83. The van der Waals surface area contributed by atoms with Gasteiger partial charge in [-0.3, -0.25) is 19.4 Å². The highest BCUT2D eigenvalue weighted by Gasteiger charge is 2.16. The van der Waals surface area contributed by atoms with Crippen LogP contribution >= 0.6 is 0 Å². The van der Waals surface area contributed by atoms with Gasteiger partial charge >= 0.3 is 0 Å². The average Bonchev–Trinajstić information content (AvgIpc) is 2.76. The first kappa shape index (κ1) is 20.0. The maximum absolute atomic E-state index is 12.0. The summed E-state index contributed by atoms with van der Waals surface area (Å²) in [6, 6.07) is 18.6. The Bertz CT molecular complexity index is 678. The van der Waals surface area contributed by atoms with Crippen LogP contribution in [-0.2, 0) is 0 Å². The number of carbonyl (C=O) groups excluding carboxylic acids is 2. The van der Waals surface area contributed by atoms with E-state index in [1.54, 1.807) is 0 Å². The van der Waals surface area contributed by atoms with E-state index in [1.165, 1.54) is 0 Å². The van der Waals surface area contributed by atoms with Crippen LogP contribution in [0.15, 0.2) is 60.7 Å². The molecule has 1 heterocycles. The number of hydrogen-bond acceptors (Lipinski definition) is 4. The first-order chi connectivity index (χ1) is 13.7. The van der Waals surface area contributed by atoms with Crippen LogP contribution in [-0.4, -0.2) is 74.0 Å². The molecule has 0 unspecified atom stereocenters. The molecule has 2 aromatic carbocycles. The van der Waals surface area contributed by atoms with E-state index < -0.39 is 0 Å². The maximum Gasteiger partial charge on any atom is 0.251 e. The van der Waals surface area contributed by atoms with Crippen molar-refractivity contribution < 1.29 is 9.59 Å². The lowest BCUT2D eigenvalue weighted by Crippen LogP contribution is -2.50. The molecule has 0 radical (unpaired) electrons. The second-order valence-electron chi connectivity index (χ2n) is 6.93. The fourth-order valence-corrected chi connectivity index (χ4v) is 3.27. The third kappa shape index (κ3) is 6.18. The van der Waals surface area contributed by atoms with Crippen molar-refractivity contribution in [2.75, 3.05) is 52.4 Å².